The highest BCUT2D eigenvalue weighted by molar-refractivity contribution is 5.84. The number of rotatable bonds is 5. The highest BCUT2D eigenvalue weighted by Crippen LogP contribution is 2.20. The third-order valence-electron chi connectivity index (χ3n) is 2.91. The first kappa shape index (κ1) is 16.4. The Morgan fingerprint density at radius 2 is 2.23 bits per heavy atom. The van der Waals surface area contributed by atoms with Crippen molar-refractivity contribution in [2.24, 2.45) is 0 Å². The van der Waals surface area contributed by atoms with E-state index in [0.717, 1.165) is 19.4 Å². The molecule has 8 heteroatoms. The Hall–Kier alpha value is -1.96. The van der Waals surface area contributed by atoms with E-state index in [9.17, 15) is 18.0 Å². The summed E-state index contributed by atoms with van der Waals surface area (Å²) in [4.78, 5) is 11.2. The molecule has 1 fully saturated rings. The summed E-state index contributed by atoms with van der Waals surface area (Å²) < 4.78 is 50.8. The molecule has 22 heavy (non-hydrogen) atoms. The zero-order valence-corrected chi connectivity index (χ0v) is 11.7. The van der Waals surface area contributed by atoms with E-state index >= 15 is 0 Å². The summed E-state index contributed by atoms with van der Waals surface area (Å²) in [5, 5.41) is 2.21. The summed E-state index contributed by atoms with van der Waals surface area (Å²) in [6.45, 7) is -0.517. The molecule has 0 saturated carbocycles. The minimum atomic E-state index is -4.55. The number of amides is 1. The topological polar surface area (TPSA) is 56.8 Å². The van der Waals surface area contributed by atoms with Gasteiger partial charge < -0.3 is 14.2 Å². The number of ether oxygens (including phenoxy) is 3. The van der Waals surface area contributed by atoms with Gasteiger partial charge in [-0.1, -0.05) is 6.07 Å². The van der Waals surface area contributed by atoms with Crippen molar-refractivity contribution in [1.29, 1.82) is 0 Å². The van der Waals surface area contributed by atoms with Gasteiger partial charge >= 0.3 is 12.3 Å². The van der Waals surface area contributed by atoms with E-state index in [0.29, 0.717) is 12.4 Å². The predicted molar refractivity (Wildman–Crippen MR) is 71.9 cm³/mol. The molecular weight excluding hydrogens is 303 g/mol. The lowest BCUT2D eigenvalue weighted by Gasteiger charge is -2.13. The first-order chi connectivity index (χ1) is 10.4. The van der Waals surface area contributed by atoms with Crippen molar-refractivity contribution in [2.75, 3.05) is 25.1 Å². The highest BCUT2D eigenvalue weighted by Gasteiger charge is 2.29. The average Bonchev–Trinajstić information content (AvgIpc) is 2.96. The van der Waals surface area contributed by atoms with Crippen LogP contribution in [0, 0.1) is 0 Å². The van der Waals surface area contributed by atoms with Crippen LogP contribution in [0.1, 0.15) is 12.8 Å². The summed E-state index contributed by atoms with van der Waals surface area (Å²) in [6, 6.07) is 6.32. The average molecular weight is 319 g/mol. The Morgan fingerprint density at radius 1 is 1.41 bits per heavy atom. The molecule has 1 aliphatic heterocycles. The normalized spacial score (nSPS) is 18.0. The zero-order chi connectivity index (χ0) is 16.0. The van der Waals surface area contributed by atoms with Gasteiger partial charge in [-0.15, -0.1) is 0 Å². The number of carbonyl (C=O) groups excluding carboxylic acids is 1. The lowest BCUT2D eigenvalue weighted by molar-refractivity contribution is -0.159. The van der Waals surface area contributed by atoms with Crippen molar-refractivity contribution in [2.45, 2.75) is 25.1 Å². The van der Waals surface area contributed by atoms with Crippen LogP contribution in [0.5, 0.6) is 5.75 Å². The maximum Gasteiger partial charge on any atom is 0.422 e. The molecule has 1 amide bonds. The van der Waals surface area contributed by atoms with E-state index in [2.05, 4.69) is 10.1 Å². The maximum atomic E-state index is 11.9. The van der Waals surface area contributed by atoms with Gasteiger partial charge in [0, 0.05) is 18.4 Å². The Labute approximate surface area is 125 Å². The molecule has 1 atom stereocenters. The summed E-state index contributed by atoms with van der Waals surface area (Å²) >= 11 is 0. The van der Waals surface area contributed by atoms with Crippen molar-refractivity contribution in [1.82, 2.24) is 0 Å². The number of hydrogen-bond acceptors (Lipinski definition) is 4. The molecule has 5 nitrogen and oxygen atoms in total. The largest absolute Gasteiger partial charge is 0.491 e. The Bertz CT molecular complexity index is 501. The second kappa shape index (κ2) is 7.35. The molecule has 1 aromatic rings. The molecule has 1 N–H and O–H groups in total. The Balaban J connectivity index is 1.81. The van der Waals surface area contributed by atoms with Crippen molar-refractivity contribution in [3.05, 3.63) is 24.3 Å². The van der Waals surface area contributed by atoms with Gasteiger partial charge in [0.25, 0.3) is 0 Å². The van der Waals surface area contributed by atoms with Crippen molar-refractivity contribution in [3.8, 4) is 5.75 Å². The Kier molecular flexibility index (Phi) is 5.48. The van der Waals surface area contributed by atoms with Gasteiger partial charge in [-0.2, -0.15) is 13.2 Å². The zero-order valence-electron chi connectivity index (χ0n) is 11.7. The quantitative estimate of drug-likeness (QED) is 0.904. The van der Waals surface area contributed by atoms with Crippen LogP contribution in [0.4, 0.5) is 23.7 Å². The van der Waals surface area contributed by atoms with E-state index in [1.54, 1.807) is 12.1 Å². The molecule has 1 aromatic carbocycles. The fourth-order valence-corrected chi connectivity index (χ4v) is 1.93. The van der Waals surface area contributed by atoms with E-state index in [-0.39, 0.29) is 11.8 Å². The van der Waals surface area contributed by atoms with Crippen LogP contribution in [-0.2, 0) is 9.47 Å². The SMILES string of the molecule is O=C(Nc1cccc(OC[C@H]2CCCO2)c1)OCC(F)(F)F. The predicted octanol–water partition coefficient (Wildman–Crippen LogP) is 3.36. The lowest BCUT2D eigenvalue weighted by Crippen LogP contribution is -2.23. The van der Waals surface area contributed by atoms with Crippen LogP contribution in [0.25, 0.3) is 0 Å². The number of hydrogen-bond donors (Lipinski definition) is 1. The minimum absolute atomic E-state index is 0.0494. The van der Waals surface area contributed by atoms with Crippen LogP contribution in [-0.4, -0.2) is 38.2 Å². The molecule has 1 heterocycles. The molecule has 0 spiro atoms. The van der Waals surface area contributed by atoms with Gasteiger partial charge in [0.2, 0.25) is 0 Å². The van der Waals surface area contributed by atoms with E-state index in [1.165, 1.54) is 12.1 Å². The number of carbonyl (C=O) groups is 1. The number of alkyl halides is 3. The first-order valence-corrected chi connectivity index (χ1v) is 6.77. The third kappa shape index (κ3) is 5.80. The summed E-state index contributed by atoms with van der Waals surface area (Å²) in [6.07, 6.45) is -3.74. The molecular formula is C14H16F3NO4. The van der Waals surface area contributed by atoms with Crippen molar-refractivity contribution < 1.29 is 32.2 Å². The lowest BCUT2D eigenvalue weighted by atomic mass is 10.2. The van der Waals surface area contributed by atoms with E-state index < -0.39 is 18.9 Å². The number of benzene rings is 1. The molecule has 1 aliphatic rings. The summed E-state index contributed by atoms with van der Waals surface area (Å²) in [5.74, 6) is 0.490. The molecule has 122 valence electrons. The highest BCUT2D eigenvalue weighted by atomic mass is 19.4. The van der Waals surface area contributed by atoms with Gasteiger partial charge in [0.1, 0.15) is 12.4 Å². The second-order valence-electron chi connectivity index (χ2n) is 4.79. The van der Waals surface area contributed by atoms with E-state index in [1.807, 2.05) is 0 Å². The second-order valence-corrected chi connectivity index (χ2v) is 4.79. The maximum absolute atomic E-state index is 11.9. The number of nitrogens with one attached hydrogen (secondary N) is 1. The van der Waals surface area contributed by atoms with Crippen molar-refractivity contribution in [3.63, 3.8) is 0 Å². The van der Waals surface area contributed by atoms with Gasteiger partial charge in [0.05, 0.1) is 6.10 Å². The molecule has 1 saturated heterocycles. The van der Waals surface area contributed by atoms with Crippen molar-refractivity contribution >= 4 is 11.8 Å². The third-order valence-corrected chi connectivity index (χ3v) is 2.91. The fourth-order valence-electron chi connectivity index (χ4n) is 1.93. The van der Waals surface area contributed by atoms with Crippen LogP contribution in [0.3, 0.4) is 0 Å². The Morgan fingerprint density at radius 3 is 2.91 bits per heavy atom. The van der Waals surface area contributed by atoms with Crippen LogP contribution in [0.2, 0.25) is 0 Å². The van der Waals surface area contributed by atoms with Gasteiger partial charge in [-0.05, 0) is 25.0 Å². The number of anilines is 1. The van der Waals surface area contributed by atoms with Crippen LogP contribution >= 0.6 is 0 Å². The smallest absolute Gasteiger partial charge is 0.422 e. The van der Waals surface area contributed by atoms with Crippen LogP contribution < -0.4 is 10.1 Å². The minimum Gasteiger partial charge on any atom is -0.491 e. The summed E-state index contributed by atoms with van der Waals surface area (Å²) in [7, 11) is 0. The van der Waals surface area contributed by atoms with Crippen LogP contribution in [0.15, 0.2) is 24.3 Å². The van der Waals surface area contributed by atoms with E-state index in [4.69, 9.17) is 9.47 Å². The molecule has 2 rings (SSSR count). The molecule has 0 unspecified atom stereocenters. The van der Waals surface area contributed by atoms with Gasteiger partial charge in [-0.3, -0.25) is 5.32 Å². The van der Waals surface area contributed by atoms with Gasteiger partial charge in [-0.25, -0.2) is 4.79 Å². The fraction of sp³-hybridized carbons (Fsp3) is 0.500. The monoisotopic (exact) mass is 319 g/mol. The summed E-state index contributed by atoms with van der Waals surface area (Å²) in [5.41, 5.74) is 0.289. The number of halogens is 3. The molecule has 0 bridgehead atoms. The molecule has 0 radical (unpaired) electrons. The standard InChI is InChI=1S/C14H16F3NO4/c15-14(16,17)9-22-13(19)18-10-3-1-4-11(7-10)21-8-12-5-2-6-20-12/h1,3-4,7,12H,2,5-6,8-9H2,(H,18,19)/t12-/m1/s1. The van der Waals surface area contributed by atoms with Gasteiger partial charge in [0.15, 0.2) is 6.61 Å². The molecule has 0 aliphatic carbocycles. The molecule has 0 aromatic heterocycles. The first-order valence-electron chi connectivity index (χ1n) is 6.77.